The lowest BCUT2D eigenvalue weighted by Crippen LogP contribution is -2.38. The third kappa shape index (κ3) is 9.67. The van der Waals surface area contributed by atoms with E-state index in [1.54, 1.807) is 24.3 Å². The van der Waals surface area contributed by atoms with Crippen LogP contribution in [0.25, 0.3) is 11.0 Å². The lowest BCUT2D eigenvalue weighted by molar-refractivity contribution is 0.141. The highest BCUT2D eigenvalue weighted by molar-refractivity contribution is 7.92. The molecule has 3 N–H and O–H groups in total. The van der Waals surface area contributed by atoms with Gasteiger partial charge in [-0.2, -0.15) is 0 Å². The van der Waals surface area contributed by atoms with Crippen molar-refractivity contribution in [2.75, 3.05) is 43.7 Å². The molecule has 45 heavy (non-hydrogen) atoms. The van der Waals surface area contributed by atoms with Crippen LogP contribution in [0, 0.1) is 5.41 Å². The van der Waals surface area contributed by atoms with Crippen LogP contribution in [0.5, 0.6) is 0 Å². The Morgan fingerprint density at radius 2 is 1.62 bits per heavy atom. The SMILES string of the molecule is CCOCCCn1c(CCc2ccc(C(=N)N)cc2)nc2cc(N(CCN(CC)CC)S(=O)(=O)c3ccccc3)ccc21.Cl.Cl. The number of anilines is 1. The largest absolute Gasteiger partial charge is 0.384 e. The number of rotatable bonds is 17. The smallest absolute Gasteiger partial charge is 0.264 e. The third-order valence-electron chi connectivity index (χ3n) is 7.72. The molecule has 4 rings (SSSR count). The Kier molecular flexibility index (Phi) is 15.3. The van der Waals surface area contributed by atoms with Gasteiger partial charge < -0.3 is 19.9 Å². The number of fused-ring (bicyclic) bond motifs is 1. The number of aromatic nitrogens is 2. The van der Waals surface area contributed by atoms with Crippen LogP contribution in [0.15, 0.2) is 77.7 Å². The molecule has 0 aliphatic heterocycles. The fourth-order valence-electron chi connectivity index (χ4n) is 5.22. The van der Waals surface area contributed by atoms with Gasteiger partial charge in [-0.25, -0.2) is 13.4 Å². The molecule has 0 unspecified atom stereocenters. The average molecular weight is 678 g/mol. The highest BCUT2D eigenvalue weighted by Gasteiger charge is 2.26. The molecule has 12 heteroatoms. The van der Waals surface area contributed by atoms with E-state index in [2.05, 4.69) is 23.3 Å². The van der Waals surface area contributed by atoms with Crippen molar-refractivity contribution in [3.8, 4) is 0 Å². The van der Waals surface area contributed by atoms with Gasteiger partial charge in [-0.3, -0.25) is 9.71 Å². The second kappa shape index (κ2) is 18.1. The predicted molar refractivity (Wildman–Crippen MR) is 189 cm³/mol. The number of nitrogen functional groups attached to an aromatic ring is 1. The van der Waals surface area contributed by atoms with Crippen molar-refractivity contribution in [3.05, 3.63) is 89.7 Å². The Hall–Kier alpha value is -3.15. The number of benzene rings is 3. The first-order valence-electron chi connectivity index (χ1n) is 15.1. The molecule has 246 valence electrons. The zero-order chi connectivity index (χ0) is 30.8. The molecular formula is C33H46Cl2N6O3S. The molecule has 0 saturated carbocycles. The molecule has 0 radical (unpaired) electrons. The monoisotopic (exact) mass is 676 g/mol. The van der Waals surface area contributed by atoms with Crippen LogP contribution in [0.1, 0.15) is 44.1 Å². The highest BCUT2D eigenvalue weighted by Crippen LogP contribution is 2.28. The summed E-state index contributed by atoms with van der Waals surface area (Å²) in [5.74, 6) is 0.999. The Morgan fingerprint density at radius 3 is 2.24 bits per heavy atom. The van der Waals surface area contributed by atoms with Gasteiger partial charge in [-0.05, 0) is 68.8 Å². The zero-order valence-corrected chi connectivity index (χ0v) is 28.8. The minimum absolute atomic E-state index is 0. The van der Waals surface area contributed by atoms with Crippen LogP contribution in [0.3, 0.4) is 0 Å². The second-order valence-electron chi connectivity index (χ2n) is 10.4. The van der Waals surface area contributed by atoms with Crippen molar-refractivity contribution in [3.63, 3.8) is 0 Å². The number of aryl methyl sites for hydroxylation is 3. The van der Waals surface area contributed by atoms with Gasteiger partial charge in [0.2, 0.25) is 0 Å². The van der Waals surface area contributed by atoms with Crippen molar-refractivity contribution in [1.29, 1.82) is 5.41 Å². The van der Waals surface area contributed by atoms with Crippen molar-refractivity contribution in [2.24, 2.45) is 5.73 Å². The first-order chi connectivity index (χ1) is 20.8. The normalized spacial score (nSPS) is 11.3. The van der Waals surface area contributed by atoms with Crippen LogP contribution in [-0.4, -0.2) is 68.1 Å². The van der Waals surface area contributed by atoms with E-state index in [4.69, 9.17) is 20.9 Å². The molecule has 0 atom stereocenters. The molecule has 0 aliphatic carbocycles. The molecule has 1 aromatic heterocycles. The molecule has 0 amide bonds. The minimum atomic E-state index is -3.78. The summed E-state index contributed by atoms with van der Waals surface area (Å²) in [5.41, 5.74) is 9.81. The minimum Gasteiger partial charge on any atom is -0.384 e. The van der Waals surface area contributed by atoms with Gasteiger partial charge in [0.25, 0.3) is 10.0 Å². The van der Waals surface area contributed by atoms with E-state index in [1.165, 1.54) is 4.31 Å². The summed E-state index contributed by atoms with van der Waals surface area (Å²) in [6.07, 6.45) is 2.34. The Bertz CT molecular complexity index is 1590. The number of sulfonamides is 1. The number of likely N-dealkylation sites (N-methyl/N-ethyl adjacent to an activating group) is 1. The summed E-state index contributed by atoms with van der Waals surface area (Å²) in [6, 6.07) is 22.2. The fourth-order valence-corrected chi connectivity index (χ4v) is 6.69. The molecule has 4 aromatic rings. The van der Waals surface area contributed by atoms with E-state index in [0.29, 0.717) is 44.0 Å². The van der Waals surface area contributed by atoms with Crippen LogP contribution in [-0.2, 0) is 34.1 Å². The molecule has 0 bridgehead atoms. The van der Waals surface area contributed by atoms with Crippen molar-refractivity contribution < 1.29 is 13.2 Å². The topological polar surface area (TPSA) is 118 Å². The summed E-state index contributed by atoms with van der Waals surface area (Å²) in [7, 11) is -3.78. The molecule has 3 aromatic carbocycles. The van der Waals surface area contributed by atoms with Gasteiger partial charge >= 0.3 is 0 Å². The standard InChI is InChI=1S/C33H44N6O3S.2ClH/c1-4-37(5-2)22-23-39(43(40,41)29-11-8-7-9-12-29)28-18-19-31-30(25-28)36-32(38(31)21-10-24-42-6-3)20-15-26-13-16-27(17-14-26)33(34)35;;/h7-9,11-14,16-19,25H,4-6,10,15,20-24H2,1-3H3,(H3,34,35);2*1H. The number of halogens is 2. The number of nitrogens with two attached hydrogens (primary N) is 1. The second-order valence-corrected chi connectivity index (χ2v) is 12.3. The molecule has 0 spiro atoms. The number of nitrogens with one attached hydrogen (secondary N) is 1. The molecule has 0 aliphatic rings. The zero-order valence-electron chi connectivity index (χ0n) is 26.3. The molecule has 1 heterocycles. The van der Waals surface area contributed by atoms with Crippen molar-refractivity contribution in [2.45, 2.75) is 51.5 Å². The van der Waals surface area contributed by atoms with Crippen LogP contribution >= 0.6 is 24.8 Å². The molecular weight excluding hydrogens is 631 g/mol. The van der Waals surface area contributed by atoms with Crippen molar-refractivity contribution in [1.82, 2.24) is 14.5 Å². The number of hydrogen-bond acceptors (Lipinski definition) is 6. The number of ether oxygens (including phenoxy) is 1. The van der Waals surface area contributed by atoms with E-state index < -0.39 is 10.0 Å². The van der Waals surface area contributed by atoms with Gasteiger partial charge in [0, 0.05) is 44.8 Å². The maximum atomic E-state index is 13.9. The summed E-state index contributed by atoms with van der Waals surface area (Å²) >= 11 is 0. The number of amidine groups is 1. The molecule has 0 fully saturated rings. The number of nitrogens with zero attached hydrogens (tertiary/aromatic N) is 4. The van der Waals surface area contributed by atoms with E-state index in [9.17, 15) is 8.42 Å². The van der Waals surface area contributed by atoms with Crippen LogP contribution in [0.4, 0.5) is 5.69 Å². The van der Waals surface area contributed by atoms with Gasteiger partial charge in [-0.15, -0.1) is 24.8 Å². The fraction of sp³-hybridized carbons (Fsp3) is 0.394. The first kappa shape index (κ1) is 38.0. The number of imidazole rings is 1. The maximum Gasteiger partial charge on any atom is 0.264 e. The van der Waals surface area contributed by atoms with Gasteiger partial charge in [0.05, 0.1) is 21.6 Å². The lowest BCUT2D eigenvalue weighted by Gasteiger charge is -2.27. The van der Waals surface area contributed by atoms with Crippen LogP contribution < -0.4 is 10.0 Å². The quantitative estimate of drug-likeness (QED) is 0.0815. The van der Waals surface area contributed by atoms with E-state index >= 15 is 0 Å². The highest BCUT2D eigenvalue weighted by atomic mass is 35.5. The Morgan fingerprint density at radius 1 is 0.933 bits per heavy atom. The predicted octanol–water partition coefficient (Wildman–Crippen LogP) is 5.91. The lowest BCUT2D eigenvalue weighted by atomic mass is 10.1. The van der Waals surface area contributed by atoms with Gasteiger partial charge in [0.1, 0.15) is 11.7 Å². The third-order valence-corrected chi connectivity index (χ3v) is 9.56. The van der Waals surface area contributed by atoms with Gasteiger partial charge in [0.15, 0.2) is 0 Å². The maximum absolute atomic E-state index is 13.9. The Balaban J connectivity index is 0.00000353. The molecule has 9 nitrogen and oxygen atoms in total. The average Bonchev–Trinajstić information content (AvgIpc) is 3.37. The Labute approximate surface area is 280 Å². The molecule has 0 saturated heterocycles. The summed E-state index contributed by atoms with van der Waals surface area (Å²) in [6.45, 7) is 10.9. The van der Waals surface area contributed by atoms with Crippen molar-refractivity contribution >= 4 is 57.4 Å². The van der Waals surface area contributed by atoms with E-state index in [1.807, 2.05) is 55.5 Å². The first-order valence-corrected chi connectivity index (χ1v) is 16.5. The van der Waals surface area contributed by atoms with E-state index in [0.717, 1.165) is 54.9 Å². The van der Waals surface area contributed by atoms with Gasteiger partial charge in [-0.1, -0.05) is 56.3 Å². The summed E-state index contributed by atoms with van der Waals surface area (Å²) in [4.78, 5) is 7.53. The van der Waals surface area contributed by atoms with E-state index in [-0.39, 0.29) is 35.5 Å². The number of hydrogen-bond donors (Lipinski definition) is 2. The summed E-state index contributed by atoms with van der Waals surface area (Å²) < 4.78 is 37.2. The van der Waals surface area contributed by atoms with Crippen LogP contribution in [0.2, 0.25) is 0 Å². The summed E-state index contributed by atoms with van der Waals surface area (Å²) in [5, 5.41) is 7.64.